The van der Waals surface area contributed by atoms with Crippen LogP contribution in [0.4, 0.5) is 0 Å². The van der Waals surface area contributed by atoms with Crippen molar-refractivity contribution in [2.75, 3.05) is 5.75 Å². The fraction of sp³-hybridized carbons (Fsp3) is 0.310. The van der Waals surface area contributed by atoms with Crippen LogP contribution >= 0.6 is 35.0 Å². The molecule has 0 saturated heterocycles. The van der Waals surface area contributed by atoms with Crippen molar-refractivity contribution >= 4 is 46.8 Å². The fourth-order valence-electron chi connectivity index (χ4n) is 3.74. The van der Waals surface area contributed by atoms with E-state index in [0.29, 0.717) is 22.2 Å². The largest absolute Gasteiger partial charge is 0.352 e. The van der Waals surface area contributed by atoms with E-state index >= 15 is 0 Å². The SMILES string of the molecule is CC[C@@H](C)NC(=O)[C@H](Cc1ccccc1)N(Cc1ccc(Cl)cc1Cl)C(=O)CSCc1ccccc1. The highest BCUT2D eigenvalue weighted by Crippen LogP contribution is 2.25. The summed E-state index contributed by atoms with van der Waals surface area (Å²) in [6, 6.07) is 24.4. The van der Waals surface area contributed by atoms with Crippen LogP contribution in [0, 0.1) is 0 Å². The molecule has 0 aliphatic carbocycles. The van der Waals surface area contributed by atoms with Crippen LogP contribution in [-0.4, -0.2) is 34.6 Å². The molecule has 3 aromatic rings. The maximum Gasteiger partial charge on any atom is 0.243 e. The van der Waals surface area contributed by atoms with Gasteiger partial charge >= 0.3 is 0 Å². The van der Waals surface area contributed by atoms with Gasteiger partial charge in [-0.3, -0.25) is 9.59 Å². The normalized spacial score (nSPS) is 12.6. The van der Waals surface area contributed by atoms with E-state index < -0.39 is 6.04 Å². The van der Waals surface area contributed by atoms with Gasteiger partial charge in [0, 0.05) is 34.8 Å². The van der Waals surface area contributed by atoms with E-state index in [4.69, 9.17) is 23.2 Å². The lowest BCUT2D eigenvalue weighted by Gasteiger charge is -2.32. The van der Waals surface area contributed by atoms with Crippen LogP contribution in [0.2, 0.25) is 10.0 Å². The third-order valence-electron chi connectivity index (χ3n) is 5.97. The topological polar surface area (TPSA) is 49.4 Å². The molecule has 0 aliphatic rings. The molecule has 0 aliphatic heterocycles. The van der Waals surface area contributed by atoms with Crippen LogP contribution in [0.5, 0.6) is 0 Å². The van der Waals surface area contributed by atoms with Crippen molar-refractivity contribution in [3.05, 3.63) is 106 Å². The molecule has 4 nitrogen and oxygen atoms in total. The quantitative estimate of drug-likeness (QED) is 0.274. The van der Waals surface area contributed by atoms with E-state index in [1.54, 1.807) is 17.0 Å². The number of halogens is 2. The Morgan fingerprint density at radius 3 is 2.19 bits per heavy atom. The van der Waals surface area contributed by atoms with Gasteiger partial charge in [-0.05, 0) is 42.2 Å². The zero-order chi connectivity index (χ0) is 25.9. The summed E-state index contributed by atoms with van der Waals surface area (Å²) in [7, 11) is 0. The fourth-order valence-corrected chi connectivity index (χ4v) is 5.08. The van der Waals surface area contributed by atoms with Crippen molar-refractivity contribution in [1.82, 2.24) is 10.2 Å². The maximum absolute atomic E-state index is 13.7. The van der Waals surface area contributed by atoms with Crippen LogP contribution in [0.25, 0.3) is 0 Å². The van der Waals surface area contributed by atoms with Crippen LogP contribution in [0.3, 0.4) is 0 Å². The van der Waals surface area contributed by atoms with E-state index in [-0.39, 0.29) is 30.2 Å². The predicted molar refractivity (Wildman–Crippen MR) is 151 cm³/mol. The lowest BCUT2D eigenvalue weighted by molar-refractivity contribution is -0.139. The molecule has 0 radical (unpaired) electrons. The molecule has 3 aromatic carbocycles. The minimum absolute atomic E-state index is 0.000647. The standard InChI is InChI=1S/C29H32Cl2N2O2S/c1-3-21(2)32-29(35)27(16-22-10-6-4-7-11-22)33(18-24-14-15-25(30)17-26(24)31)28(34)20-36-19-23-12-8-5-9-13-23/h4-15,17,21,27H,3,16,18-20H2,1-2H3,(H,32,35)/t21-,27+/m1/s1. The summed E-state index contributed by atoms with van der Waals surface area (Å²) < 4.78 is 0. The van der Waals surface area contributed by atoms with Crippen LogP contribution in [-0.2, 0) is 28.3 Å². The highest BCUT2D eigenvalue weighted by molar-refractivity contribution is 7.99. The molecule has 0 aromatic heterocycles. The first kappa shape index (κ1) is 28.1. The highest BCUT2D eigenvalue weighted by atomic mass is 35.5. The number of carbonyl (C=O) groups is 2. The minimum atomic E-state index is -0.682. The molecule has 1 N–H and O–H groups in total. The number of hydrogen-bond acceptors (Lipinski definition) is 3. The average molecular weight is 544 g/mol. The van der Waals surface area contributed by atoms with Gasteiger partial charge in [-0.15, -0.1) is 11.8 Å². The van der Waals surface area contributed by atoms with E-state index in [9.17, 15) is 9.59 Å². The Morgan fingerprint density at radius 1 is 0.944 bits per heavy atom. The summed E-state index contributed by atoms with van der Waals surface area (Å²) in [6.07, 6.45) is 1.21. The van der Waals surface area contributed by atoms with E-state index in [1.807, 2.05) is 80.6 Å². The summed E-state index contributed by atoms with van der Waals surface area (Å²) >= 11 is 14.1. The zero-order valence-electron chi connectivity index (χ0n) is 20.6. The van der Waals surface area contributed by atoms with Gasteiger partial charge in [0.2, 0.25) is 11.8 Å². The van der Waals surface area contributed by atoms with Crippen molar-refractivity contribution < 1.29 is 9.59 Å². The van der Waals surface area contributed by atoms with Crippen LogP contribution in [0.1, 0.15) is 37.0 Å². The summed E-state index contributed by atoms with van der Waals surface area (Å²) in [5, 5.41) is 4.08. The molecule has 2 amide bonds. The third-order valence-corrected chi connectivity index (χ3v) is 7.54. The van der Waals surface area contributed by atoms with Gasteiger partial charge in [0.1, 0.15) is 6.04 Å². The second kappa shape index (κ2) is 14.3. The first-order valence-corrected chi connectivity index (χ1v) is 14.0. The molecule has 2 atom stereocenters. The molecule has 0 saturated carbocycles. The van der Waals surface area contributed by atoms with E-state index in [1.165, 1.54) is 11.8 Å². The molecular formula is C29H32Cl2N2O2S. The van der Waals surface area contributed by atoms with Gasteiger partial charge in [0.25, 0.3) is 0 Å². The van der Waals surface area contributed by atoms with Crippen molar-refractivity contribution in [3.63, 3.8) is 0 Å². The Kier molecular flexibility index (Phi) is 11.2. The first-order valence-electron chi connectivity index (χ1n) is 12.1. The van der Waals surface area contributed by atoms with Crippen molar-refractivity contribution in [3.8, 4) is 0 Å². The number of amides is 2. The number of benzene rings is 3. The number of nitrogens with one attached hydrogen (secondary N) is 1. The molecule has 7 heteroatoms. The van der Waals surface area contributed by atoms with E-state index in [2.05, 4.69) is 5.32 Å². The molecule has 36 heavy (non-hydrogen) atoms. The molecule has 0 heterocycles. The Bertz CT molecular complexity index is 1130. The number of rotatable bonds is 12. The van der Waals surface area contributed by atoms with Crippen LogP contribution in [0.15, 0.2) is 78.9 Å². The Labute approximate surface area is 228 Å². The van der Waals surface area contributed by atoms with Gasteiger partial charge in [-0.2, -0.15) is 0 Å². The average Bonchev–Trinajstić information content (AvgIpc) is 2.88. The Balaban J connectivity index is 1.89. The van der Waals surface area contributed by atoms with Gasteiger partial charge < -0.3 is 10.2 Å². The summed E-state index contributed by atoms with van der Waals surface area (Å²) in [6.45, 7) is 4.20. The first-order chi connectivity index (χ1) is 17.4. The monoisotopic (exact) mass is 542 g/mol. The lowest BCUT2D eigenvalue weighted by atomic mass is 10.0. The van der Waals surface area contributed by atoms with Crippen molar-refractivity contribution in [2.24, 2.45) is 0 Å². The lowest BCUT2D eigenvalue weighted by Crippen LogP contribution is -2.52. The van der Waals surface area contributed by atoms with Gasteiger partial charge in [-0.1, -0.05) is 96.9 Å². The highest BCUT2D eigenvalue weighted by Gasteiger charge is 2.31. The molecular weight excluding hydrogens is 511 g/mol. The maximum atomic E-state index is 13.7. The van der Waals surface area contributed by atoms with Gasteiger partial charge in [0.15, 0.2) is 0 Å². The van der Waals surface area contributed by atoms with Gasteiger partial charge in [-0.25, -0.2) is 0 Å². The molecule has 0 spiro atoms. The second-order valence-corrected chi connectivity index (χ2v) is 10.6. The third kappa shape index (κ3) is 8.58. The molecule has 190 valence electrons. The number of nitrogens with zero attached hydrogens (tertiary/aromatic N) is 1. The summed E-state index contributed by atoms with van der Waals surface area (Å²) in [5.41, 5.74) is 2.88. The number of carbonyl (C=O) groups excluding carboxylic acids is 2. The van der Waals surface area contributed by atoms with Crippen molar-refractivity contribution in [2.45, 2.75) is 51.1 Å². The van der Waals surface area contributed by atoms with Crippen LogP contribution < -0.4 is 5.32 Å². The predicted octanol–water partition coefficient (Wildman–Crippen LogP) is 6.78. The Morgan fingerprint density at radius 2 is 1.58 bits per heavy atom. The zero-order valence-corrected chi connectivity index (χ0v) is 23.0. The molecule has 0 unspecified atom stereocenters. The smallest absolute Gasteiger partial charge is 0.243 e. The van der Waals surface area contributed by atoms with Gasteiger partial charge in [0.05, 0.1) is 5.75 Å². The summed E-state index contributed by atoms with van der Waals surface area (Å²) in [4.78, 5) is 28.8. The molecule has 3 rings (SSSR count). The second-order valence-electron chi connectivity index (χ2n) is 8.76. The molecule has 0 fully saturated rings. The summed E-state index contributed by atoms with van der Waals surface area (Å²) in [5.74, 6) is 0.689. The minimum Gasteiger partial charge on any atom is -0.352 e. The van der Waals surface area contributed by atoms with Crippen molar-refractivity contribution in [1.29, 1.82) is 0 Å². The molecule has 0 bridgehead atoms. The Hall–Kier alpha value is -2.47. The van der Waals surface area contributed by atoms with E-state index in [0.717, 1.165) is 23.1 Å². The number of thioether (sulfide) groups is 1. The number of hydrogen-bond donors (Lipinski definition) is 1.